The fraction of sp³-hybridized carbons (Fsp3) is 0.375. The fourth-order valence-electron chi connectivity index (χ4n) is 1.79. The number of carboxylic acid groups (broad SMARTS) is 1. The highest BCUT2D eigenvalue weighted by molar-refractivity contribution is 5.75. The number of rotatable bonds is 7. The number of hydrogen-bond acceptors (Lipinski definition) is 3. The van der Waals surface area contributed by atoms with E-state index in [1.165, 1.54) is 4.90 Å². The van der Waals surface area contributed by atoms with Crippen LogP contribution in [0.4, 0.5) is 4.79 Å². The number of nitrogens with one attached hydrogen (secondary N) is 1. The van der Waals surface area contributed by atoms with Gasteiger partial charge in [-0.1, -0.05) is 31.0 Å². The van der Waals surface area contributed by atoms with Crippen LogP contribution in [0.5, 0.6) is 5.75 Å². The lowest BCUT2D eigenvalue weighted by atomic mass is 10.2. The summed E-state index contributed by atoms with van der Waals surface area (Å²) in [6.45, 7) is 2.11. The SMILES string of the molecule is C#CCOc1ccccc1CNC(=O)N(C)CC(C)C(=O)O. The van der Waals surface area contributed by atoms with Gasteiger partial charge in [0.05, 0.1) is 5.92 Å². The van der Waals surface area contributed by atoms with Crippen molar-refractivity contribution >= 4 is 12.0 Å². The number of ether oxygens (including phenoxy) is 1. The van der Waals surface area contributed by atoms with Crippen LogP contribution < -0.4 is 10.1 Å². The number of nitrogens with zero attached hydrogens (tertiary/aromatic N) is 1. The number of carbonyl (C=O) groups is 2. The van der Waals surface area contributed by atoms with Crippen LogP contribution in [0.1, 0.15) is 12.5 Å². The van der Waals surface area contributed by atoms with E-state index < -0.39 is 11.9 Å². The van der Waals surface area contributed by atoms with Gasteiger partial charge in [0.2, 0.25) is 0 Å². The Morgan fingerprint density at radius 1 is 1.45 bits per heavy atom. The summed E-state index contributed by atoms with van der Waals surface area (Å²) in [6, 6.07) is 6.90. The number of para-hydroxylation sites is 1. The molecule has 0 radical (unpaired) electrons. The lowest BCUT2D eigenvalue weighted by Gasteiger charge is -2.20. The van der Waals surface area contributed by atoms with Gasteiger partial charge in [-0.3, -0.25) is 4.79 Å². The van der Waals surface area contributed by atoms with Crippen LogP contribution in [-0.4, -0.2) is 42.2 Å². The molecule has 0 aliphatic carbocycles. The first kappa shape index (κ1) is 17.4. The van der Waals surface area contributed by atoms with Crippen molar-refractivity contribution in [2.75, 3.05) is 20.2 Å². The minimum atomic E-state index is -0.937. The minimum Gasteiger partial charge on any atom is -0.481 e. The molecule has 0 saturated heterocycles. The molecular weight excluding hydrogens is 284 g/mol. The maximum atomic E-state index is 11.9. The van der Waals surface area contributed by atoms with Gasteiger partial charge < -0.3 is 20.1 Å². The third-order valence-corrected chi connectivity index (χ3v) is 3.03. The molecule has 0 spiro atoms. The van der Waals surface area contributed by atoms with Crippen LogP contribution in [0.15, 0.2) is 24.3 Å². The average Bonchev–Trinajstić information content (AvgIpc) is 2.50. The molecule has 6 nitrogen and oxygen atoms in total. The maximum Gasteiger partial charge on any atom is 0.317 e. The third kappa shape index (κ3) is 5.37. The first-order chi connectivity index (χ1) is 10.5. The molecule has 1 aromatic rings. The molecule has 118 valence electrons. The lowest BCUT2D eigenvalue weighted by Crippen LogP contribution is -2.40. The van der Waals surface area contributed by atoms with Gasteiger partial charge in [-0.05, 0) is 6.07 Å². The van der Waals surface area contributed by atoms with Gasteiger partial charge in [-0.15, -0.1) is 6.42 Å². The van der Waals surface area contributed by atoms with Gasteiger partial charge in [0, 0.05) is 25.7 Å². The van der Waals surface area contributed by atoms with E-state index in [0.29, 0.717) is 5.75 Å². The number of hydrogen-bond donors (Lipinski definition) is 2. The number of aliphatic carboxylic acids is 1. The topological polar surface area (TPSA) is 78.9 Å². The van der Waals surface area contributed by atoms with Crippen molar-refractivity contribution in [1.82, 2.24) is 10.2 Å². The summed E-state index contributed by atoms with van der Waals surface area (Å²) in [4.78, 5) is 24.1. The second-order valence-electron chi connectivity index (χ2n) is 4.88. The van der Waals surface area contributed by atoms with Crippen molar-refractivity contribution in [2.45, 2.75) is 13.5 Å². The van der Waals surface area contributed by atoms with E-state index >= 15 is 0 Å². The predicted octanol–water partition coefficient (Wildman–Crippen LogP) is 1.56. The summed E-state index contributed by atoms with van der Waals surface area (Å²) >= 11 is 0. The van der Waals surface area contributed by atoms with Crippen molar-refractivity contribution in [3.8, 4) is 18.1 Å². The van der Waals surface area contributed by atoms with Crippen molar-refractivity contribution in [3.05, 3.63) is 29.8 Å². The molecular formula is C16H20N2O4. The molecule has 2 amide bonds. The summed E-state index contributed by atoms with van der Waals surface area (Å²) < 4.78 is 5.40. The first-order valence-electron chi connectivity index (χ1n) is 6.81. The van der Waals surface area contributed by atoms with Crippen LogP contribution >= 0.6 is 0 Å². The highest BCUT2D eigenvalue weighted by atomic mass is 16.5. The van der Waals surface area contributed by atoms with Gasteiger partial charge >= 0.3 is 12.0 Å². The molecule has 22 heavy (non-hydrogen) atoms. The predicted molar refractivity (Wildman–Crippen MR) is 82.4 cm³/mol. The number of carboxylic acids is 1. The second-order valence-corrected chi connectivity index (χ2v) is 4.88. The van der Waals surface area contributed by atoms with Gasteiger partial charge in [0.1, 0.15) is 12.4 Å². The van der Waals surface area contributed by atoms with E-state index in [1.54, 1.807) is 20.0 Å². The molecule has 1 rings (SSSR count). The molecule has 2 N–H and O–H groups in total. The van der Waals surface area contributed by atoms with Crippen molar-refractivity contribution in [3.63, 3.8) is 0 Å². The van der Waals surface area contributed by atoms with Crippen LogP contribution in [-0.2, 0) is 11.3 Å². The fourth-order valence-corrected chi connectivity index (χ4v) is 1.79. The molecule has 0 bridgehead atoms. The smallest absolute Gasteiger partial charge is 0.317 e. The zero-order chi connectivity index (χ0) is 16.5. The van der Waals surface area contributed by atoms with E-state index in [2.05, 4.69) is 11.2 Å². The molecule has 6 heteroatoms. The van der Waals surface area contributed by atoms with Crippen LogP contribution in [0.2, 0.25) is 0 Å². The highest BCUT2D eigenvalue weighted by Crippen LogP contribution is 2.17. The first-order valence-corrected chi connectivity index (χ1v) is 6.81. The Kier molecular flexibility index (Phi) is 6.77. The monoisotopic (exact) mass is 304 g/mol. The highest BCUT2D eigenvalue weighted by Gasteiger charge is 2.17. The van der Waals surface area contributed by atoms with Crippen LogP contribution in [0.25, 0.3) is 0 Å². The van der Waals surface area contributed by atoms with E-state index in [1.807, 2.05) is 18.2 Å². The minimum absolute atomic E-state index is 0.135. The van der Waals surface area contributed by atoms with Gasteiger partial charge in [-0.2, -0.15) is 0 Å². The Bertz CT molecular complexity index is 566. The Hall–Kier alpha value is -2.68. The molecule has 1 atom stereocenters. The Morgan fingerprint density at radius 3 is 2.77 bits per heavy atom. The number of urea groups is 1. The largest absolute Gasteiger partial charge is 0.481 e. The molecule has 0 aliphatic heterocycles. The Morgan fingerprint density at radius 2 is 2.14 bits per heavy atom. The van der Waals surface area contributed by atoms with Crippen LogP contribution in [0.3, 0.4) is 0 Å². The number of benzene rings is 1. The van der Waals surface area contributed by atoms with E-state index in [-0.39, 0.29) is 25.7 Å². The van der Waals surface area contributed by atoms with Gasteiger partial charge in [-0.25, -0.2) is 4.79 Å². The standard InChI is InChI=1S/C16H20N2O4/c1-4-9-22-14-8-6-5-7-13(14)10-17-16(21)18(3)11-12(2)15(19)20/h1,5-8,12H,9-11H2,2-3H3,(H,17,21)(H,19,20). The summed E-state index contributed by atoms with van der Waals surface area (Å²) in [7, 11) is 1.55. The molecule has 1 unspecified atom stereocenters. The summed E-state index contributed by atoms with van der Waals surface area (Å²) in [5.41, 5.74) is 0.797. The zero-order valence-electron chi connectivity index (χ0n) is 12.7. The van der Waals surface area contributed by atoms with Crippen LogP contribution in [0, 0.1) is 18.3 Å². The van der Waals surface area contributed by atoms with Crippen molar-refractivity contribution < 1.29 is 19.4 Å². The van der Waals surface area contributed by atoms with E-state index in [4.69, 9.17) is 16.3 Å². The number of terminal acetylenes is 1. The Balaban J connectivity index is 2.57. The quantitative estimate of drug-likeness (QED) is 0.749. The molecule has 0 aliphatic rings. The van der Waals surface area contributed by atoms with E-state index in [0.717, 1.165) is 5.56 Å². The van der Waals surface area contributed by atoms with Gasteiger partial charge in [0.25, 0.3) is 0 Å². The summed E-state index contributed by atoms with van der Waals surface area (Å²) in [5.74, 6) is 1.44. The summed E-state index contributed by atoms with van der Waals surface area (Å²) in [5, 5.41) is 11.6. The van der Waals surface area contributed by atoms with Gasteiger partial charge in [0.15, 0.2) is 0 Å². The second kappa shape index (κ2) is 8.57. The molecule has 0 saturated carbocycles. The zero-order valence-corrected chi connectivity index (χ0v) is 12.7. The van der Waals surface area contributed by atoms with Crippen molar-refractivity contribution in [2.24, 2.45) is 5.92 Å². The molecule has 0 heterocycles. The molecule has 0 aromatic heterocycles. The number of amides is 2. The summed E-state index contributed by atoms with van der Waals surface area (Å²) in [6.07, 6.45) is 5.16. The van der Waals surface area contributed by atoms with E-state index in [9.17, 15) is 9.59 Å². The lowest BCUT2D eigenvalue weighted by molar-refractivity contribution is -0.141. The number of carbonyl (C=O) groups excluding carboxylic acids is 1. The maximum absolute atomic E-state index is 11.9. The third-order valence-electron chi connectivity index (χ3n) is 3.03. The Labute approximate surface area is 130 Å². The average molecular weight is 304 g/mol. The molecule has 0 fully saturated rings. The molecule has 1 aromatic carbocycles. The van der Waals surface area contributed by atoms with Crippen molar-refractivity contribution in [1.29, 1.82) is 0 Å². The normalized spacial score (nSPS) is 11.1.